The van der Waals surface area contributed by atoms with Gasteiger partial charge < -0.3 is 5.11 Å². The molecular weight excluding hydrogens is 354 g/mol. The van der Waals surface area contributed by atoms with Gasteiger partial charge in [0, 0.05) is 12.5 Å². The highest BCUT2D eigenvalue weighted by molar-refractivity contribution is 5.88. The first-order valence-corrected chi connectivity index (χ1v) is 7.86. The molecule has 1 aromatic rings. The Labute approximate surface area is 137 Å². The van der Waals surface area contributed by atoms with E-state index in [0.29, 0.717) is 12.8 Å². The lowest BCUT2D eigenvalue weighted by atomic mass is 9.35. The van der Waals surface area contributed by atoms with Crippen molar-refractivity contribution >= 4 is 5.97 Å². The van der Waals surface area contributed by atoms with Crippen molar-refractivity contribution in [3.05, 3.63) is 17.0 Å². The van der Waals surface area contributed by atoms with Crippen molar-refractivity contribution in [1.29, 1.82) is 0 Å². The van der Waals surface area contributed by atoms with Gasteiger partial charge in [0.25, 0.3) is 0 Å². The summed E-state index contributed by atoms with van der Waals surface area (Å²) in [5.41, 5.74) is -5.03. The summed E-state index contributed by atoms with van der Waals surface area (Å²) >= 11 is 0. The second-order valence-electron chi connectivity index (χ2n) is 7.65. The molecule has 4 fully saturated rings. The molecule has 5 rings (SSSR count). The Balaban J connectivity index is 1.67. The minimum absolute atomic E-state index is 0.178. The van der Waals surface area contributed by atoms with Crippen molar-refractivity contribution in [1.82, 2.24) is 9.78 Å². The number of halogens is 6. The normalized spacial score (nSPS) is 31.4. The predicted molar refractivity (Wildman–Crippen MR) is 70.9 cm³/mol. The van der Waals surface area contributed by atoms with Crippen LogP contribution in [0.5, 0.6) is 0 Å². The number of hydrogen-bond acceptors (Lipinski definition) is 2. The van der Waals surface area contributed by atoms with Crippen molar-refractivity contribution in [2.75, 3.05) is 0 Å². The van der Waals surface area contributed by atoms with Crippen LogP contribution in [0.2, 0.25) is 0 Å². The van der Waals surface area contributed by atoms with Gasteiger partial charge in [-0.3, -0.25) is 4.68 Å². The molecule has 2 bridgehead atoms. The molecule has 4 nitrogen and oxygen atoms in total. The average molecular weight is 368 g/mol. The molecule has 138 valence electrons. The van der Waals surface area contributed by atoms with Gasteiger partial charge in [-0.25, -0.2) is 4.79 Å². The smallest absolute Gasteiger partial charge is 0.420 e. The molecule has 0 aromatic carbocycles. The van der Waals surface area contributed by atoms with Gasteiger partial charge in [0.05, 0.1) is 11.1 Å². The highest BCUT2D eigenvalue weighted by Crippen LogP contribution is 2.79. The van der Waals surface area contributed by atoms with E-state index in [0.717, 1.165) is 4.68 Å². The van der Waals surface area contributed by atoms with Crippen LogP contribution in [-0.2, 0) is 12.7 Å². The highest BCUT2D eigenvalue weighted by Gasteiger charge is 2.78. The lowest BCUT2D eigenvalue weighted by Crippen LogP contribution is -2.69. The van der Waals surface area contributed by atoms with E-state index in [1.165, 1.54) is 0 Å². The number of hydrogen-bond donors (Lipinski definition) is 1. The van der Waals surface area contributed by atoms with Crippen LogP contribution in [-0.4, -0.2) is 27.0 Å². The Morgan fingerprint density at radius 1 is 1.16 bits per heavy atom. The maximum atomic E-state index is 13.4. The van der Waals surface area contributed by atoms with Crippen LogP contribution in [0.3, 0.4) is 0 Å². The minimum Gasteiger partial charge on any atom is -0.477 e. The second kappa shape index (κ2) is 4.50. The zero-order chi connectivity index (χ0) is 18.4. The Morgan fingerprint density at radius 2 is 1.72 bits per heavy atom. The van der Waals surface area contributed by atoms with Crippen molar-refractivity contribution in [2.24, 2.45) is 10.8 Å². The van der Waals surface area contributed by atoms with Gasteiger partial charge in [-0.1, -0.05) is 0 Å². The van der Waals surface area contributed by atoms with Gasteiger partial charge in [-0.2, -0.15) is 31.4 Å². The van der Waals surface area contributed by atoms with Gasteiger partial charge in [-0.15, -0.1) is 0 Å². The molecular formula is C15H14F6N2O2. The van der Waals surface area contributed by atoms with Crippen molar-refractivity contribution in [3.63, 3.8) is 0 Å². The SMILES string of the molecule is O=C(O)c1c(C(F)(F)F)c(C2CC2)nn1CC12CC(C(F)(F)F)(C1)C2. The van der Waals surface area contributed by atoms with E-state index in [1.807, 2.05) is 0 Å². The number of carbonyl (C=O) groups is 1. The predicted octanol–water partition coefficient (Wildman–Crippen LogP) is 4.21. The summed E-state index contributed by atoms with van der Waals surface area (Å²) in [5.74, 6) is -2.19. The molecule has 0 unspecified atom stereocenters. The van der Waals surface area contributed by atoms with E-state index < -0.39 is 46.3 Å². The van der Waals surface area contributed by atoms with Crippen molar-refractivity contribution in [2.45, 2.75) is 56.9 Å². The van der Waals surface area contributed by atoms with Crippen LogP contribution in [0.4, 0.5) is 26.3 Å². The molecule has 4 aliphatic rings. The number of rotatable bonds is 4. The van der Waals surface area contributed by atoms with E-state index in [-0.39, 0.29) is 31.5 Å². The molecule has 4 aliphatic carbocycles. The van der Waals surface area contributed by atoms with E-state index in [9.17, 15) is 36.2 Å². The number of aromatic nitrogens is 2. The number of carboxylic acid groups (broad SMARTS) is 1. The van der Waals surface area contributed by atoms with Crippen LogP contribution >= 0.6 is 0 Å². The monoisotopic (exact) mass is 368 g/mol. The average Bonchev–Trinajstić information content (AvgIpc) is 3.09. The van der Waals surface area contributed by atoms with Gasteiger partial charge >= 0.3 is 18.3 Å². The Bertz CT molecular complexity index is 740. The van der Waals surface area contributed by atoms with E-state index in [1.54, 1.807) is 0 Å². The first kappa shape index (κ1) is 16.7. The fourth-order valence-corrected chi connectivity index (χ4v) is 4.52. The fraction of sp³-hybridized carbons (Fsp3) is 0.733. The first-order chi connectivity index (χ1) is 11.4. The van der Waals surface area contributed by atoms with Gasteiger partial charge in [-0.05, 0) is 37.5 Å². The number of aromatic carboxylic acids is 1. The molecule has 0 radical (unpaired) electrons. The summed E-state index contributed by atoms with van der Waals surface area (Å²) in [6.45, 7) is -0.220. The highest BCUT2D eigenvalue weighted by atomic mass is 19.4. The Morgan fingerprint density at radius 3 is 2.12 bits per heavy atom. The zero-order valence-corrected chi connectivity index (χ0v) is 12.8. The second-order valence-corrected chi connectivity index (χ2v) is 7.65. The maximum Gasteiger partial charge on any atom is 0.420 e. The number of carboxylic acids is 1. The van der Waals surface area contributed by atoms with Crippen LogP contribution in [0.1, 0.15) is 59.8 Å². The zero-order valence-electron chi connectivity index (χ0n) is 12.8. The Hall–Kier alpha value is -1.74. The molecule has 10 heteroatoms. The molecule has 0 aliphatic heterocycles. The maximum absolute atomic E-state index is 13.4. The van der Waals surface area contributed by atoms with Crippen LogP contribution in [0.25, 0.3) is 0 Å². The summed E-state index contributed by atoms with van der Waals surface area (Å²) in [4.78, 5) is 11.4. The van der Waals surface area contributed by atoms with Gasteiger partial charge in [0.15, 0.2) is 5.69 Å². The summed E-state index contributed by atoms with van der Waals surface area (Å²) in [7, 11) is 0. The molecule has 0 spiro atoms. The first-order valence-electron chi connectivity index (χ1n) is 7.86. The van der Waals surface area contributed by atoms with Crippen LogP contribution in [0, 0.1) is 10.8 Å². The number of nitrogens with zero attached hydrogens (tertiary/aromatic N) is 2. The Kier molecular flexibility index (Phi) is 3.01. The topological polar surface area (TPSA) is 55.1 Å². The van der Waals surface area contributed by atoms with Crippen LogP contribution in [0.15, 0.2) is 0 Å². The molecule has 0 amide bonds. The van der Waals surface area contributed by atoms with E-state index in [2.05, 4.69) is 5.10 Å². The molecule has 1 aromatic heterocycles. The van der Waals surface area contributed by atoms with E-state index >= 15 is 0 Å². The molecule has 25 heavy (non-hydrogen) atoms. The largest absolute Gasteiger partial charge is 0.477 e. The van der Waals surface area contributed by atoms with Crippen LogP contribution < -0.4 is 0 Å². The minimum atomic E-state index is -4.86. The summed E-state index contributed by atoms with van der Waals surface area (Å²) in [5, 5.41) is 13.1. The molecule has 1 N–H and O–H groups in total. The van der Waals surface area contributed by atoms with Gasteiger partial charge in [0.1, 0.15) is 5.56 Å². The van der Waals surface area contributed by atoms with Crippen molar-refractivity contribution < 1.29 is 36.2 Å². The third-order valence-corrected chi connectivity index (χ3v) is 5.66. The van der Waals surface area contributed by atoms with Gasteiger partial charge in [0.2, 0.25) is 0 Å². The molecule has 0 atom stereocenters. The summed E-state index contributed by atoms with van der Waals surface area (Å²) in [6.07, 6.45) is -8.72. The quantitative estimate of drug-likeness (QED) is 0.810. The molecule has 4 saturated carbocycles. The lowest BCUT2D eigenvalue weighted by molar-refractivity contribution is -0.366. The van der Waals surface area contributed by atoms with E-state index in [4.69, 9.17) is 0 Å². The third kappa shape index (κ3) is 2.28. The standard InChI is InChI=1S/C15H14F6N2O2/c16-14(17,18)8-9(7-1-2-7)22-23(10(8)11(24)25)6-12-3-13(4-12,5-12)15(19,20)21/h7H,1-6H2,(H,24,25). The lowest BCUT2D eigenvalue weighted by Gasteiger charge is -2.70. The fourth-order valence-electron chi connectivity index (χ4n) is 4.52. The molecule has 0 saturated heterocycles. The summed E-state index contributed by atoms with van der Waals surface area (Å²) < 4.78 is 79.6. The number of alkyl halides is 6. The summed E-state index contributed by atoms with van der Waals surface area (Å²) in [6, 6.07) is 0. The molecule has 1 heterocycles. The van der Waals surface area contributed by atoms with Crippen molar-refractivity contribution in [3.8, 4) is 0 Å². The third-order valence-electron chi connectivity index (χ3n) is 5.66.